The zero-order valence-corrected chi connectivity index (χ0v) is 13.9. The molecule has 1 aromatic rings. The molecule has 2 atom stereocenters. The number of hydrogen-bond donors (Lipinski definition) is 1. The summed E-state index contributed by atoms with van der Waals surface area (Å²) in [5, 5.41) is 14.9. The van der Waals surface area contributed by atoms with E-state index in [0.29, 0.717) is 49.6 Å². The normalized spacial score (nSPS) is 25.2. The SMILES string of the molecule is O=C(c1cc2c(cc1[N+](=O)[O-])OCCO2)N1CC[C@@H]2CNC[C@@H]2CC1. The quantitative estimate of drug-likeness (QED) is 0.643. The maximum atomic E-state index is 13.0. The fraction of sp³-hybridized carbons (Fsp3) is 0.588. The molecule has 3 aliphatic heterocycles. The Morgan fingerprint density at radius 2 is 1.72 bits per heavy atom. The zero-order chi connectivity index (χ0) is 17.4. The first-order chi connectivity index (χ1) is 12.1. The molecule has 2 saturated heterocycles. The minimum absolute atomic E-state index is 0.0828. The number of nitrogens with zero attached hydrogens (tertiary/aromatic N) is 2. The van der Waals surface area contributed by atoms with E-state index in [4.69, 9.17) is 9.47 Å². The van der Waals surface area contributed by atoms with Crippen molar-refractivity contribution in [3.05, 3.63) is 27.8 Å². The van der Waals surface area contributed by atoms with Gasteiger partial charge in [-0.15, -0.1) is 0 Å². The average Bonchev–Trinajstić information content (AvgIpc) is 2.98. The van der Waals surface area contributed by atoms with E-state index >= 15 is 0 Å². The van der Waals surface area contributed by atoms with Crippen molar-refractivity contribution in [3.63, 3.8) is 0 Å². The van der Waals surface area contributed by atoms with E-state index in [-0.39, 0.29) is 17.2 Å². The van der Waals surface area contributed by atoms with Crippen molar-refractivity contribution in [1.29, 1.82) is 0 Å². The van der Waals surface area contributed by atoms with Gasteiger partial charge in [-0.25, -0.2) is 0 Å². The molecule has 8 heteroatoms. The Morgan fingerprint density at radius 1 is 1.12 bits per heavy atom. The third-order valence-electron chi connectivity index (χ3n) is 5.39. The number of rotatable bonds is 2. The van der Waals surface area contributed by atoms with Gasteiger partial charge < -0.3 is 19.7 Å². The van der Waals surface area contributed by atoms with Gasteiger partial charge in [0.05, 0.1) is 11.0 Å². The van der Waals surface area contributed by atoms with Crippen molar-refractivity contribution in [2.24, 2.45) is 11.8 Å². The topological polar surface area (TPSA) is 93.9 Å². The predicted molar refractivity (Wildman–Crippen MR) is 89.1 cm³/mol. The molecule has 0 unspecified atom stereocenters. The van der Waals surface area contributed by atoms with Crippen molar-refractivity contribution in [1.82, 2.24) is 10.2 Å². The number of nitrogens with one attached hydrogen (secondary N) is 1. The number of carbonyl (C=O) groups is 1. The van der Waals surface area contributed by atoms with Gasteiger partial charge in [-0.05, 0) is 37.8 Å². The molecule has 0 aromatic heterocycles. The number of carbonyl (C=O) groups excluding carboxylic acids is 1. The second kappa shape index (κ2) is 6.51. The van der Waals surface area contributed by atoms with Crippen molar-refractivity contribution >= 4 is 11.6 Å². The maximum Gasteiger partial charge on any atom is 0.286 e. The summed E-state index contributed by atoms with van der Waals surface area (Å²) in [4.78, 5) is 25.7. The molecule has 0 aliphatic carbocycles. The average molecular weight is 347 g/mol. The molecule has 2 fully saturated rings. The molecule has 1 N–H and O–H groups in total. The van der Waals surface area contributed by atoms with Gasteiger partial charge in [-0.2, -0.15) is 0 Å². The summed E-state index contributed by atoms with van der Waals surface area (Å²) in [7, 11) is 0. The van der Waals surface area contributed by atoms with Crippen LogP contribution in [0.2, 0.25) is 0 Å². The van der Waals surface area contributed by atoms with Crippen LogP contribution in [0.4, 0.5) is 5.69 Å². The number of amides is 1. The Labute approximate surface area is 145 Å². The Hall–Kier alpha value is -2.35. The van der Waals surface area contributed by atoms with Crippen LogP contribution in [-0.4, -0.2) is 55.1 Å². The summed E-state index contributed by atoms with van der Waals surface area (Å²) in [5.41, 5.74) is -0.139. The van der Waals surface area contributed by atoms with E-state index in [2.05, 4.69) is 5.32 Å². The number of benzene rings is 1. The van der Waals surface area contributed by atoms with Crippen LogP contribution < -0.4 is 14.8 Å². The van der Waals surface area contributed by atoms with Gasteiger partial charge in [0, 0.05) is 19.2 Å². The molecule has 0 saturated carbocycles. The van der Waals surface area contributed by atoms with E-state index in [0.717, 1.165) is 25.9 Å². The van der Waals surface area contributed by atoms with Crippen molar-refractivity contribution in [3.8, 4) is 11.5 Å². The first-order valence-corrected chi connectivity index (χ1v) is 8.71. The van der Waals surface area contributed by atoms with Crippen molar-refractivity contribution in [2.45, 2.75) is 12.8 Å². The van der Waals surface area contributed by atoms with Crippen molar-refractivity contribution in [2.75, 3.05) is 39.4 Å². The smallest absolute Gasteiger partial charge is 0.286 e. The highest BCUT2D eigenvalue weighted by atomic mass is 16.6. The number of hydrogen-bond acceptors (Lipinski definition) is 6. The fourth-order valence-electron chi connectivity index (χ4n) is 3.99. The summed E-state index contributed by atoms with van der Waals surface area (Å²) in [5.74, 6) is 1.61. The molecule has 0 radical (unpaired) electrons. The standard InChI is InChI=1S/C17H21N3O5/c21-17(19-3-1-11-9-18-10-12(11)2-4-19)13-7-15-16(25-6-5-24-15)8-14(13)20(22)23/h7-8,11-12,18H,1-6,9-10H2/t11-,12+. The van der Waals surface area contributed by atoms with Gasteiger partial charge in [-0.1, -0.05) is 0 Å². The molecule has 8 nitrogen and oxygen atoms in total. The number of nitro benzene ring substituents is 1. The molecule has 3 aliphatic rings. The summed E-state index contributed by atoms with van der Waals surface area (Å²) < 4.78 is 10.9. The predicted octanol–water partition coefficient (Wildman–Crippen LogP) is 1.44. The molecule has 3 heterocycles. The largest absolute Gasteiger partial charge is 0.486 e. The molecular formula is C17H21N3O5. The monoisotopic (exact) mass is 347 g/mol. The molecule has 0 bridgehead atoms. The Bertz CT molecular complexity index is 694. The lowest BCUT2D eigenvalue weighted by molar-refractivity contribution is -0.385. The maximum absolute atomic E-state index is 13.0. The molecule has 1 aromatic carbocycles. The molecule has 134 valence electrons. The van der Waals surface area contributed by atoms with Gasteiger partial charge in [-0.3, -0.25) is 14.9 Å². The van der Waals surface area contributed by atoms with Crippen LogP contribution in [-0.2, 0) is 0 Å². The Balaban J connectivity index is 1.61. The zero-order valence-electron chi connectivity index (χ0n) is 13.9. The number of nitro groups is 1. The summed E-state index contributed by atoms with van der Waals surface area (Å²) in [6.07, 6.45) is 1.86. The molecule has 0 spiro atoms. The van der Waals surface area contributed by atoms with Crippen LogP contribution in [0.5, 0.6) is 11.5 Å². The van der Waals surface area contributed by atoms with E-state index in [1.165, 1.54) is 12.1 Å². The van der Waals surface area contributed by atoms with Crippen LogP contribution in [0.1, 0.15) is 23.2 Å². The van der Waals surface area contributed by atoms with E-state index in [1.54, 1.807) is 4.90 Å². The third kappa shape index (κ3) is 3.02. The Morgan fingerprint density at radius 3 is 2.32 bits per heavy atom. The number of likely N-dealkylation sites (tertiary alicyclic amines) is 1. The highest BCUT2D eigenvalue weighted by Crippen LogP contribution is 2.37. The Kier molecular flexibility index (Phi) is 4.20. The highest BCUT2D eigenvalue weighted by Gasteiger charge is 2.34. The molecule has 4 rings (SSSR count). The lowest BCUT2D eigenvalue weighted by atomic mass is 9.92. The number of ether oxygens (including phenoxy) is 2. The summed E-state index contributed by atoms with van der Waals surface area (Å²) in [6, 6.07) is 2.76. The molecular weight excluding hydrogens is 326 g/mol. The van der Waals surface area contributed by atoms with Gasteiger partial charge in [0.15, 0.2) is 11.5 Å². The first kappa shape index (κ1) is 16.1. The van der Waals surface area contributed by atoms with Crippen LogP contribution >= 0.6 is 0 Å². The molecule has 25 heavy (non-hydrogen) atoms. The van der Waals surface area contributed by atoms with Gasteiger partial charge >= 0.3 is 0 Å². The number of fused-ring (bicyclic) bond motifs is 2. The van der Waals surface area contributed by atoms with E-state index < -0.39 is 4.92 Å². The van der Waals surface area contributed by atoms with Crippen LogP contribution in [0.3, 0.4) is 0 Å². The second-order valence-corrected chi connectivity index (χ2v) is 6.82. The summed E-state index contributed by atoms with van der Waals surface area (Å²) in [6.45, 7) is 3.98. The minimum atomic E-state index is -0.526. The van der Waals surface area contributed by atoms with Gasteiger partial charge in [0.2, 0.25) is 0 Å². The summed E-state index contributed by atoms with van der Waals surface area (Å²) >= 11 is 0. The third-order valence-corrected chi connectivity index (χ3v) is 5.39. The lowest BCUT2D eigenvalue weighted by Gasteiger charge is -2.23. The molecule has 1 amide bonds. The van der Waals surface area contributed by atoms with E-state index in [9.17, 15) is 14.9 Å². The van der Waals surface area contributed by atoms with Crippen LogP contribution in [0, 0.1) is 22.0 Å². The second-order valence-electron chi connectivity index (χ2n) is 6.82. The fourth-order valence-corrected chi connectivity index (χ4v) is 3.99. The van der Waals surface area contributed by atoms with Crippen molar-refractivity contribution < 1.29 is 19.2 Å². The van der Waals surface area contributed by atoms with Crippen LogP contribution in [0.25, 0.3) is 0 Å². The minimum Gasteiger partial charge on any atom is -0.486 e. The van der Waals surface area contributed by atoms with Gasteiger partial charge in [0.25, 0.3) is 11.6 Å². The van der Waals surface area contributed by atoms with Crippen LogP contribution in [0.15, 0.2) is 12.1 Å². The highest BCUT2D eigenvalue weighted by molar-refractivity contribution is 5.99. The lowest BCUT2D eigenvalue weighted by Crippen LogP contribution is -2.33. The van der Waals surface area contributed by atoms with Gasteiger partial charge in [0.1, 0.15) is 18.8 Å². The van der Waals surface area contributed by atoms with E-state index in [1.807, 2.05) is 0 Å². The first-order valence-electron chi connectivity index (χ1n) is 8.71.